The summed E-state index contributed by atoms with van der Waals surface area (Å²) in [4.78, 5) is 30.0. The zero-order valence-electron chi connectivity index (χ0n) is 15.8. The van der Waals surface area contributed by atoms with Crippen molar-refractivity contribution in [2.75, 3.05) is 18.5 Å². The van der Waals surface area contributed by atoms with Gasteiger partial charge in [0, 0.05) is 49.7 Å². The van der Waals surface area contributed by atoms with Gasteiger partial charge in [-0.3, -0.25) is 14.6 Å². The Balaban J connectivity index is 0.00000196. The third-order valence-electron chi connectivity index (χ3n) is 4.64. The van der Waals surface area contributed by atoms with Crippen molar-refractivity contribution in [3.63, 3.8) is 0 Å². The van der Waals surface area contributed by atoms with Crippen LogP contribution in [0.5, 0.6) is 0 Å². The Bertz CT molecular complexity index is 751. The molecule has 152 valence electrons. The number of hydrogen-bond donors (Lipinski definition) is 2. The van der Waals surface area contributed by atoms with Crippen LogP contribution in [0, 0.1) is 0 Å². The van der Waals surface area contributed by atoms with Crippen molar-refractivity contribution in [1.82, 2.24) is 15.6 Å². The zero-order valence-corrected chi connectivity index (χ0v) is 17.4. The van der Waals surface area contributed by atoms with E-state index >= 15 is 0 Å². The van der Waals surface area contributed by atoms with Crippen molar-refractivity contribution in [3.05, 3.63) is 59.9 Å². The van der Waals surface area contributed by atoms with Gasteiger partial charge < -0.3 is 15.5 Å². The molecule has 0 radical (unpaired) electrons. The molecule has 2 heterocycles. The lowest BCUT2D eigenvalue weighted by molar-refractivity contribution is -0.121. The van der Waals surface area contributed by atoms with Crippen molar-refractivity contribution in [2.24, 2.45) is 0 Å². The number of rotatable bonds is 6. The molecule has 0 spiro atoms. The van der Waals surface area contributed by atoms with Gasteiger partial charge in [0.05, 0.1) is 0 Å². The number of nitrogens with zero attached hydrogens (tertiary/aromatic N) is 2. The number of aromatic nitrogens is 1. The summed E-state index contributed by atoms with van der Waals surface area (Å²) in [7, 11) is 1.74. The second-order valence-corrected chi connectivity index (χ2v) is 6.54. The maximum atomic E-state index is 12.4. The van der Waals surface area contributed by atoms with Gasteiger partial charge in [0.2, 0.25) is 5.91 Å². The monoisotopic (exact) mass is 424 g/mol. The molecule has 1 aliphatic rings. The van der Waals surface area contributed by atoms with Crippen LogP contribution in [0.25, 0.3) is 0 Å². The number of carbonyl (C=O) groups is 2. The summed E-state index contributed by atoms with van der Waals surface area (Å²) in [6, 6.07) is 11.3. The van der Waals surface area contributed by atoms with E-state index in [0.717, 1.165) is 30.6 Å². The highest BCUT2D eigenvalue weighted by atomic mass is 35.5. The lowest BCUT2D eigenvalue weighted by Crippen LogP contribution is -2.31. The van der Waals surface area contributed by atoms with E-state index in [4.69, 9.17) is 0 Å². The summed E-state index contributed by atoms with van der Waals surface area (Å²) in [5, 5.41) is 6.28. The first-order valence-corrected chi connectivity index (χ1v) is 8.90. The van der Waals surface area contributed by atoms with Crippen molar-refractivity contribution < 1.29 is 9.59 Å². The van der Waals surface area contributed by atoms with Crippen molar-refractivity contribution in [1.29, 1.82) is 0 Å². The van der Waals surface area contributed by atoms with Gasteiger partial charge in [-0.25, -0.2) is 0 Å². The minimum atomic E-state index is -0.0856. The van der Waals surface area contributed by atoms with E-state index in [1.165, 1.54) is 0 Å². The first kappa shape index (κ1) is 23.9. The third kappa shape index (κ3) is 6.48. The SMILES string of the molecule is CN(C(=O)c1ccncc1)c1ccc(CNC(=O)CC2CCCN2)cc1.Cl.Cl. The molecule has 2 aromatic rings. The second kappa shape index (κ2) is 11.6. The summed E-state index contributed by atoms with van der Waals surface area (Å²) < 4.78 is 0. The van der Waals surface area contributed by atoms with Crippen LogP contribution in [0.4, 0.5) is 5.69 Å². The maximum absolute atomic E-state index is 12.4. The number of pyridine rings is 1. The van der Waals surface area contributed by atoms with Gasteiger partial charge in [0.15, 0.2) is 0 Å². The lowest BCUT2D eigenvalue weighted by atomic mass is 10.1. The predicted octanol–water partition coefficient (Wildman–Crippen LogP) is 2.96. The van der Waals surface area contributed by atoms with E-state index < -0.39 is 0 Å². The van der Waals surface area contributed by atoms with Crippen LogP contribution in [0.3, 0.4) is 0 Å². The molecule has 0 aliphatic carbocycles. The first-order valence-electron chi connectivity index (χ1n) is 8.90. The molecule has 1 unspecified atom stereocenters. The van der Waals surface area contributed by atoms with Gasteiger partial charge in [-0.15, -0.1) is 24.8 Å². The average molecular weight is 425 g/mol. The van der Waals surface area contributed by atoms with Crippen LogP contribution in [0.1, 0.15) is 35.2 Å². The molecule has 1 fully saturated rings. The summed E-state index contributed by atoms with van der Waals surface area (Å²) >= 11 is 0. The van der Waals surface area contributed by atoms with Crippen LogP contribution in [-0.2, 0) is 11.3 Å². The standard InChI is InChI=1S/C20H24N4O2.2ClH/c1-24(20(26)16-8-11-21-12-9-16)18-6-4-15(5-7-18)14-23-19(25)13-17-3-2-10-22-17;;/h4-9,11-12,17,22H,2-3,10,13-14H2,1H3,(H,23,25);2*1H. The Morgan fingerprint density at radius 3 is 2.43 bits per heavy atom. The number of halogens is 2. The van der Waals surface area contributed by atoms with Crippen LogP contribution in [0.2, 0.25) is 0 Å². The fourth-order valence-electron chi connectivity index (χ4n) is 3.07. The van der Waals surface area contributed by atoms with Crippen LogP contribution >= 0.6 is 24.8 Å². The Morgan fingerprint density at radius 2 is 1.82 bits per heavy atom. The molecule has 0 bridgehead atoms. The fourth-order valence-corrected chi connectivity index (χ4v) is 3.07. The molecule has 2 N–H and O–H groups in total. The molecule has 1 aliphatic heterocycles. The normalized spacial score (nSPS) is 15.1. The van der Waals surface area contributed by atoms with Gasteiger partial charge in [0.25, 0.3) is 5.91 Å². The Labute approximate surface area is 177 Å². The Morgan fingerprint density at radius 1 is 1.14 bits per heavy atom. The molecule has 1 aromatic carbocycles. The highest BCUT2D eigenvalue weighted by molar-refractivity contribution is 6.05. The van der Waals surface area contributed by atoms with Gasteiger partial charge in [-0.05, 0) is 49.2 Å². The quantitative estimate of drug-likeness (QED) is 0.747. The Kier molecular flexibility index (Phi) is 9.93. The molecule has 28 heavy (non-hydrogen) atoms. The number of amides is 2. The van der Waals surface area contributed by atoms with Crippen LogP contribution < -0.4 is 15.5 Å². The summed E-state index contributed by atoms with van der Waals surface area (Å²) in [6.45, 7) is 1.50. The molecule has 3 rings (SSSR count). The van der Waals surface area contributed by atoms with Crippen molar-refractivity contribution in [2.45, 2.75) is 31.8 Å². The summed E-state index contributed by atoms with van der Waals surface area (Å²) in [5.74, 6) is -0.0176. The maximum Gasteiger partial charge on any atom is 0.258 e. The molecule has 2 amide bonds. The van der Waals surface area contributed by atoms with Gasteiger partial charge in [-0.1, -0.05) is 12.1 Å². The van der Waals surface area contributed by atoms with Gasteiger partial charge in [-0.2, -0.15) is 0 Å². The minimum absolute atomic E-state index is 0. The number of anilines is 1. The number of nitrogens with one attached hydrogen (secondary N) is 2. The molecular formula is C20H26Cl2N4O2. The first-order chi connectivity index (χ1) is 12.6. The van der Waals surface area contributed by atoms with E-state index in [2.05, 4.69) is 15.6 Å². The van der Waals surface area contributed by atoms with Crippen LogP contribution in [0.15, 0.2) is 48.8 Å². The van der Waals surface area contributed by atoms with Gasteiger partial charge in [0.1, 0.15) is 0 Å². The minimum Gasteiger partial charge on any atom is -0.352 e. The molecule has 1 atom stereocenters. The molecule has 8 heteroatoms. The molecule has 6 nitrogen and oxygen atoms in total. The van der Waals surface area contributed by atoms with E-state index in [9.17, 15) is 9.59 Å². The average Bonchev–Trinajstić information content (AvgIpc) is 3.19. The number of hydrogen-bond acceptors (Lipinski definition) is 4. The van der Waals surface area contributed by atoms with E-state index in [1.807, 2.05) is 24.3 Å². The zero-order chi connectivity index (χ0) is 18.4. The molecule has 0 saturated carbocycles. The summed E-state index contributed by atoms with van der Waals surface area (Å²) in [6.07, 6.45) is 5.95. The topological polar surface area (TPSA) is 74.3 Å². The van der Waals surface area contributed by atoms with Crippen LogP contribution in [-0.4, -0.2) is 36.4 Å². The lowest BCUT2D eigenvalue weighted by Gasteiger charge is -2.18. The number of benzene rings is 1. The van der Waals surface area contributed by atoms with Gasteiger partial charge >= 0.3 is 0 Å². The van der Waals surface area contributed by atoms with Crippen molar-refractivity contribution >= 4 is 42.3 Å². The van der Waals surface area contributed by atoms with E-state index in [1.54, 1.807) is 36.5 Å². The van der Waals surface area contributed by atoms with E-state index in [0.29, 0.717) is 24.6 Å². The highest BCUT2D eigenvalue weighted by Crippen LogP contribution is 2.16. The molecular weight excluding hydrogens is 399 g/mol. The second-order valence-electron chi connectivity index (χ2n) is 6.54. The van der Waals surface area contributed by atoms with E-state index in [-0.39, 0.29) is 36.6 Å². The summed E-state index contributed by atoms with van der Waals surface area (Å²) in [5.41, 5.74) is 2.41. The predicted molar refractivity (Wildman–Crippen MR) is 115 cm³/mol. The largest absolute Gasteiger partial charge is 0.352 e. The highest BCUT2D eigenvalue weighted by Gasteiger charge is 2.17. The molecule has 1 aromatic heterocycles. The Hall–Kier alpha value is -2.15. The number of carbonyl (C=O) groups excluding carboxylic acids is 2. The third-order valence-corrected chi connectivity index (χ3v) is 4.64. The molecule has 1 saturated heterocycles. The smallest absolute Gasteiger partial charge is 0.258 e. The fraction of sp³-hybridized carbons (Fsp3) is 0.350. The van der Waals surface area contributed by atoms with Crippen molar-refractivity contribution in [3.8, 4) is 0 Å².